The van der Waals surface area contributed by atoms with Gasteiger partial charge < -0.3 is 9.84 Å². The molecule has 0 radical (unpaired) electrons. The van der Waals surface area contributed by atoms with Crippen molar-refractivity contribution < 1.29 is 19.4 Å². The van der Waals surface area contributed by atoms with Crippen LogP contribution in [0.4, 0.5) is 0 Å². The molecule has 0 amide bonds. The summed E-state index contributed by atoms with van der Waals surface area (Å²) in [7, 11) is 0. The largest absolute Gasteiger partial charge is 0.508 e. The molecule has 0 spiro atoms. The highest BCUT2D eigenvalue weighted by atomic mass is 32.1. The third kappa shape index (κ3) is 3.92. The van der Waals surface area contributed by atoms with E-state index >= 15 is 0 Å². The van der Waals surface area contributed by atoms with E-state index in [1.54, 1.807) is 29.5 Å². The van der Waals surface area contributed by atoms with Gasteiger partial charge in [0.1, 0.15) is 17.8 Å². The Morgan fingerprint density at radius 2 is 1.97 bits per heavy atom. The average Bonchev–Trinajstić information content (AvgIpc) is 3.47. The van der Waals surface area contributed by atoms with Crippen LogP contribution in [0.3, 0.4) is 0 Å². The highest BCUT2D eigenvalue weighted by Crippen LogP contribution is 2.47. The Labute approximate surface area is 191 Å². The smallest absolute Gasteiger partial charge is 0.315 e. The van der Waals surface area contributed by atoms with Gasteiger partial charge in [-0.05, 0) is 68.2 Å². The maximum absolute atomic E-state index is 13.5. The predicted octanol–water partition coefficient (Wildman–Crippen LogP) is 5.51. The number of Topliss-reactive ketones (excluding diaryl/α,β-unsaturated/α-hetero) is 1. The second-order valence-corrected chi connectivity index (χ2v) is 10.0. The van der Waals surface area contributed by atoms with Crippen molar-refractivity contribution >= 4 is 28.8 Å². The third-order valence-electron chi connectivity index (χ3n) is 6.90. The zero-order valence-corrected chi connectivity index (χ0v) is 18.9. The number of ether oxygens (including phenoxy) is 1. The molecule has 0 bridgehead atoms. The molecule has 2 aliphatic carbocycles. The number of thiophene rings is 1. The van der Waals surface area contributed by atoms with Crippen LogP contribution in [0.15, 0.2) is 58.0 Å². The quantitative estimate of drug-likeness (QED) is 0.624. The summed E-state index contributed by atoms with van der Waals surface area (Å²) in [4.78, 5) is 32.8. The highest BCUT2D eigenvalue weighted by Gasteiger charge is 2.45. The van der Waals surface area contributed by atoms with Crippen molar-refractivity contribution in [1.82, 2.24) is 0 Å². The normalized spacial score (nSPS) is 26.1. The number of hydrogen-bond donors (Lipinski definition) is 1. The van der Waals surface area contributed by atoms with Crippen molar-refractivity contribution in [3.05, 3.63) is 63.5 Å². The van der Waals surface area contributed by atoms with E-state index in [0.717, 1.165) is 36.9 Å². The van der Waals surface area contributed by atoms with Crippen molar-refractivity contribution in [3.8, 4) is 5.75 Å². The molecule has 1 aromatic carbocycles. The van der Waals surface area contributed by atoms with Crippen molar-refractivity contribution in [2.75, 3.05) is 0 Å². The zero-order valence-electron chi connectivity index (χ0n) is 18.1. The van der Waals surface area contributed by atoms with E-state index < -0.39 is 11.8 Å². The van der Waals surface area contributed by atoms with E-state index in [0.29, 0.717) is 24.1 Å². The van der Waals surface area contributed by atoms with Crippen LogP contribution in [0.5, 0.6) is 5.75 Å². The van der Waals surface area contributed by atoms with Gasteiger partial charge in [0.2, 0.25) is 0 Å². The van der Waals surface area contributed by atoms with Gasteiger partial charge in [-0.15, -0.1) is 11.3 Å². The van der Waals surface area contributed by atoms with E-state index in [4.69, 9.17) is 9.73 Å². The fourth-order valence-corrected chi connectivity index (χ4v) is 6.24. The lowest BCUT2D eigenvalue weighted by atomic mass is 9.70. The van der Waals surface area contributed by atoms with Gasteiger partial charge in [0.25, 0.3) is 0 Å². The predicted molar refractivity (Wildman–Crippen MR) is 124 cm³/mol. The van der Waals surface area contributed by atoms with Gasteiger partial charge in [-0.25, -0.2) is 0 Å². The van der Waals surface area contributed by atoms with Crippen LogP contribution >= 0.6 is 11.3 Å². The number of rotatable bonds is 4. The number of esters is 1. The van der Waals surface area contributed by atoms with Gasteiger partial charge >= 0.3 is 5.97 Å². The van der Waals surface area contributed by atoms with Crippen LogP contribution in [-0.2, 0) is 14.3 Å². The maximum atomic E-state index is 13.5. The highest BCUT2D eigenvalue weighted by molar-refractivity contribution is 7.10. The summed E-state index contributed by atoms with van der Waals surface area (Å²) in [5.74, 6) is -1.19. The molecule has 3 atom stereocenters. The minimum Gasteiger partial charge on any atom is -0.508 e. The lowest BCUT2D eigenvalue weighted by molar-refractivity contribution is -0.151. The lowest BCUT2D eigenvalue weighted by Gasteiger charge is -2.36. The van der Waals surface area contributed by atoms with E-state index in [1.165, 1.54) is 4.88 Å². The number of allylic oxidation sites excluding steroid dienone is 2. The van der Waals surface area contributed by atoms with Gasteiger partial charge in [0.15, 0.2) is 5.78 Å². The summed E-state index contributed by atoms with van der Waals surface area (Å²) in [6.45, 7) is 1.86. The first-order chi connectivity index (χ1) is 15.5. The summed E-state index contributed by atoms with van der Waals surface area (Å²) in [6.07, 6.45) is 4.96. The number of carbonyl (C=O) groups is 2. The molecular formula is C26H27NO4S. The molecule has 6 heteroatoms. The molecule has 1 N–H and O–H groups in total. The molecule has 0 saturated heterocycles. The zero-order chi connectivity index (χ0) is 22.2. The molecule has 2 aromatic rings. The Balaban J connectivity index is 1.55. The van der Waals surface area contributed by atoms with Crippen molar-refractivity contribution in [3.63, 3.8) is 0 Å². The van der Waals surface area contributed by atoms with Crippen LogP contribution in [0.2, 0.25) is 0 Å². The van der Waals surface area contributed by atoms with Crippen LogP contribution in [0.25, 0.3) is 0 Å². The Morgan fingerprint density at radius 3 is 2.69 bits per heavy atom. The molecule has 1 aliphatic heterocycles. The number of phenolic OH excluding ortho intramolecular Hbond substituents is 1. The molecule has 1 saturated carbocycles. The molecule has 1 fully saturated rings. The van der Waals surface area contributed by atoms with Crippen LogP contribution in [0, 0.1) is 5.92 Å². The number of benzene rings is 1. The van der Waals surface area contributed by atoms with E-state index in [-0.39, 0.29) is 29.5 Å². The number of carbonyl (C=O) groups excluding carboxylic acids is 2. The van der Waals surface area contributed by atoms with Crippen molar-refractivity contribution in [2.24, 2.45) is 10.9 Å². The lowest BCUT2D eigenvalue weighted by Crippen LogP contribution is -2.39. The standard InChI is InChI=1S/C26H27NO4S/c1-15-23(26(30)31-19-8-2-3-9-19)24(16-6-4-7-18(28)12-16)25-20(27-15)13-17(14-21(25)29)22-10-5-11-32-22/h4-7,10-12,17,19,23-24,28H,2-3,8-9,13-14H2,1H3. The Hall–Kier alpha value is -2.73. The van der Waals surface area contributed by atoms with E-state index in [1.807, 2.05) is 24.4 Å². The number of aromatic hydroxyl groups is 1. The second kappa shape index (κ2) is 8.66. The molecular weight excluding hydrogens is 422 g/mol. The summed E-state index contributed by atoms with van der Waals surface area (Å²) in [6, 6.07) is 11.0. The summed E-state index contributed by atoms with van der Waals surface area (Å²) >= 11 is 1.66. The molecule has 3 unspecified atom stereocenters. The summed E-state index contributed by atoms with van der Waals surface area (Å²) < 4.78 is 5.88. The van der Waals surface area contributed by atoms with Crippen LogP contribution < -0.4 is 0 Å². The molecule has 32 heavy (non-hydrogen) atoms. The minimum atomic E-state index is -0.654. The first-order valence-electron chi connectivity index (χ1n) is 11.4. The number of phenols is 1. The third-order valence-corrected chi connectivity index (χ3v) is 7.94. The first-order valence-corrected chi connectivity index (χ1v) is 12.2. The Bertz CT molecular complexity index is 1090. The van der Waals surface area contributed by atoms with Crippen LogP contribution in [0.1, 0.15) is 67.7 Å². The second-order valence-electron chi connectivity index (χ2n) is 9.05. The summed E-state index contributed by atoms with van der Waals surface area (Å²) in [5, 5.41) is 12.2. The van der Waals surface area contributed by atoms with Crippen LogP contribution in [-0.4, -0.2) is 28.7 Å². The fraction of sp³-hybridized carbons (Fsp3) is 0.423. The first kappa shape index (κ1) is 21.1. The molecule has 3 aliphatic rings. The Kier molecular flexibility index (Phi) is 5.72. The molecule has 5 rings (SSSR count). The minimum absolute atomic E-state index is 0.0351. The Morgan fingerprint density at radius 1 is 1.16 bits per heavy atom. The summed E-state index contributed by atoms with van der Waals surface area (Å²) in [5.41, 5.74) is 2.82. The SMILES string of the molecule is CC1=NC2=C(C(=O)CC(c3cccs3)C2)C(c2cccc(O)c2)C1C(=O)OC1CCCC1. The van der Waals surface area contributed by atoms with E-state index in [9.17, 15) is 14.7 Å². The molecule has 166 valence electrons. The van der Waals surface area contributed by atoms with Gasteiger partial charge in [-0.3, -0.25) is 14.6 Å². The monoisotopic (exact) mass is 449 g/mol. The van der Waals surface area contributed by atoms with Gasteiger partial charge in [0, 0.05) is 40.1 Å². The number of aliphatic imine (C=N–C) groups is 1. The molecule has 2 heterocycles. The van der Waals surface area contributed by atoms with Crippen molar-refractivity contribution in [1.29, 1.82) is 0 Å². The average molecular weight is 450 g/mol. The number of hydrogen-bond acceptors (Lipinski definition) is 6. The van der Waals surface area contributed by atoms with Gasteiger partial charge in [-0.1, -0.05) is 18.2 Å². The number of ketones is 1. The molecule has 5 nitrogen and oxygen atoms in total. The van der Waals surface area contributed by atoms with Gasteiger partial charge in [0.05, 0.1) is 0 Å². The van der Waals surface area contributed by atoms with E-state index in [2.05, 4.69) is 6.07 Å². The van der Waals surface area contributed by atoms with Crippen molar-refractivity contribution in [2.45, 2.75) is 63.4 Å². The number of nitrogens with zero attached hydrogens (tertiary/aromatic N) is 1. The topological polar surface area (TPSA) is 76.0 Å². The van der Waals surface area contributed by atoms with Gasteiger partial charge in [-0.2, -0.15) is 0 Å². The maximum Gasteiger partial charge on any atom is 0.315 e. The fourth-order valence-electron chi connectivity index (χ4n) is 5.41. The molecule has 1 aromatic heterocycles.